The SMILES string of the molecule is O=C(O)c1ccc2c(c1)C1(CC1)CN2. The molecule has 0 atom stereocenters. The summed E-state index contributed by atoms with van der Waals surface area (Å²) in [6.45, 7) is 0.978. The number of carboxylic acids is 1. The van der Waals surface area contributed by atoms with E-state index in [2.05, 4.69) is 5.32 Å². The molecular formula is C11H11NO2. The van der Waals surface area contributed by atoms with E-state index in [0.717, 1.165) is 12.2 Å². The summed E-state index contributed by atoms with van der Waals surface area (Å²) in [6, 6.07) is 5.37. The van der Waals surface area contributed by atoms with E-state index in [1.807, 2.05) is 12.1 Å². The quantitative estimate of drug-likeness (QED) is 0.708. The number of anilines is 1. The van der Waals surface area contributed by atoms with E-state index in [-0.39, 0.29) is 5.41 Å². The van der Waals surface area contributed by atoms with Crippen molar-refractivity contribution in [3.8, 4) is 0 Å². The van der Waals surface area contributed by atoms with Crippen LogP contribution >= 0.6 is 0 Å². The Morgan fingerprint density at radius 3 is 2.86 bits per heavy atom. The number of hydrogen-bond acceptors (Lipinski definition) is 2. The van der Waals surface area contributed by atoms with Crippen LogP contribution in [0.15, 0.2) is 18.2 Å². The maximum atomic E-state index is 10.8. The van der Waals surface area contributed by atoms with E-state index in [0.29, 0.717) is 5.56 Å². The van der Waals surface area contributed by atoms with Crippen LogP contribution in [0.1, 0.15) is 28.8 Å². The molecule has 1 aromatic carbocycles. The molecule has 0 saturated heterocycles. The van der Waals surface area contributed by atoms with E-state index in [1.165, 1.54) is 18.4 Å². The zero-order valence-corrected chi connectivity index (χ0v) is 7.71. The van der Waals surface area contributed by atoms with Crippen molar-refractivity contribution in [2.45, 2.75) is 18.3 Å². The predicted octanol–water partition coefficient (Wildman–Crippen LogP) is 1.84. The fourth-order valence-electron chi connectivity index (χ4n) is 2.23. The Morgan fingerprint density at radius 1 is 1.43 bits per heavy atom. The average molecular weight is 189 g/mol. The molecule has 0 amide bonds. The summed E-state index contributed by atoms with van der Waals surface area (Å²) in [5.41, 5.74) is 3.00. The first-order valence-electron chi connectivity index (χ1n) is 4.83. The first-order valence-corrected chi connectivity index (χ1v) is 4.83. The minimum absolute atomic E-state index is 0.279. The maximum Gasteiger partial charge on any atom is 0.335 e. The lowest BCUT2D eigenvalue weighted by atomic mass is 9.97. The van der Waals surface area contributed by atoms with Gasteiger partial charge in [0.1, 0.15) is 0 Å². The van der Waals surface area contributed by atoms with Gasteiger partial charge in [-0.25, -0.2) is 4.79 Å². The average Bonchev–Trinajstić information content (AvgIpc) is 2.85. The van der Waals surface area contributed by atoms with Gasteiger partial charge in [0.25, 0.3) is 0 Å². The number of carboxylic acid groups (broad SMARTS) is 1. The lowest BCUT2D eigenvalue weighted by Crippen LogP contribution is -2.08. The third-order valence-electron chi connectivity index (χ3n) is 3.31. The standard InChI is InChI=1S/C11H11NO2/c13-10(14)7-1-2-9-8(5-7)11(3-4-11)6-12-9/h1-2,5,12H,3-4,6H2,(H,13,14). The molecule has 1 spiro atoms. The van der Waals surface area contributed by atoms with Gasteiger partial charge in [-0.1, -0.05) is 0 Å². The van der Waals surface area contributed by atoms with E-state index in [4.69, 9.17) is 5.11 Å². The first-order chi connectivity index (χ1) is 6.71. The van der Waals surface area contributed by atoms with Gasteiger partial charge in [0, 0.05) is 17.6 Å². The van der Waals surface area contributed by atoms with Crippen molar-refractivity contribution < 1.29 is 9.90 Å². The molecule has 2 N–H and O–H groups in total. The zero-order valence-electron chi connectivity index (χ0n) is 7.71. The molecule has 1 aromatic rings. The minimum Gasteiger partial charge on any atom is -0.478 e. The number of benzene rings is 1. The van der Waals surface area contributed by atoms with Crippen LogP contribution in [0.2, 0.25) is 0 Å². The van der Waals surface area contributed by atoms with Crippen LogP contribution < -0.4 is 5.32 Å². The van der Waals surface area contributed by atoms with Gasteiger partial charge in [-0.05, 0) is 36.6 Å². The highest BCUT2D eigenvalue weighted by Crippen LogP contribution is 2.54. The van der Waals surface area contributed by atoms with Crippen molar-refractivity contribution in [2.75, 3.05) is 11.9 Å². The van der Waals surface area contributed by atoms with Crippen molar-refractivity contribution in [2.24, 2.45) is 0 Å². The van der Waals surface area contributed by atoms with E-state index in [1.54, 1.807) is 6.07 Å². The molecule has 2 aliphatic rings. The topological polar surface area (TPSA) is 49.3 Å². The highest BCUT2D eigenvalue weighted by Gasteiger charge is 2.48. The van der Waals surface area contributed by atoms with Crippen molar-refractivity contribution in [1.29, 1.82) is 0 Å². The van der Waals surface area contributed by atoms with Crippen molar-refractivity contribution >= 4 is 11.7 Å². The normalized spacial score (nSPS) is 20.3. The van der Waals surface area contributed by atoms with Gasteiger partial charge < -0.3 is 10.4 Å². The molecule has 1 aliphatic heterocycles. The second-order valence-electron chi connectivity index (χ2n) is 4.20. The summed E-state index contributed by atoms with van der Waals surface area (Å²) < 4.78 is 0. The molecule has 1 aliphatic carbocycles. The zero-order chi connectivity index (χ0) is 9.76. The van der Waals surface area contributed by atoms with E-state index < -0.39 is 5.97 Å². The van der Waals surface area contributed by atoms with Gasteiger partial charge in [-0.15, -0.1) is 0 Å². The van der Waals surface area contributed by atoms with Crippen LogP contribution in [0.5, 0.6) is 0 Å². The second-order valence-corrected chi connectivity index (χ2v) is 4.20. The van der Waals surface area contributed by atoms with Gasteiger partial charge in [0.2, 0.25) is 0 Å². The molecule has 3 heteroatoms. The van der Waals surface area contributed by atoms with Crippen LogP contribution in [-0.2, 0) is 5.41 Å². The minimum atomic E-state index is -0.838. The lowest BCUT2D eigenvalue weighted by Gasteiger charge is -2.06. The fraction of sp³-hybridized carbons (Fsp3) is 0.364. The third-order valence-corrected chi connectivity index (χ3v) is 3.31. The molecule has 0 aromatic heterocycles. The van der Waals surface area contributed by atoms with Crippen LogP contribution in [0.25, 0.3) is 0 Å². The largest absolute Gasteiger partial charge is 0.478 e. The Morgan fingerprint density at radius 2 is 2.21 bits per heavy atom. The van der Waals surface area contributed by atoms with Crippen molar-refractivity contribution in [1.82, 2.24) is 0 Å². The first kappa shape index (κ1) is 7.85. The smallest absolute Gasteiger partial charge is 0.335 e. The summed E-state index contributed by atoms with van der Waals surface area (Å²) in [7, 11) is 0. The second kappa shape index (κ2) is 2.29. The van der Waals surface area contributed by atoms with Crippen molar-refractivity contribution in [3.63, 3.8) is 0 Å². The van der Waals surface area contributed by atoms with Crippen LogP contribution in [0.4, 0.5) is 5.69 Å². The number of rotatable bonds is 1. The summed E-state index contributed by atoms with van der Waals surface area (Å²) >= 11 is 0. The fourth-order valence-corrected chi connectivity index (χ4v) is 2.23. The maximum absolute atomic E-state index is 10.8. The summed E-state index contributed by atoms with van der Waals surface area (Å²) in [4.78, 5) is 10.8. The molecule has 1 fully saturated rings. The van der Waals surface area contributed by atoms with Crippen molar-refractivity contribution in [3.05, 3.63) is 29.3 Å². The Hall–Kier alpha value is -1.51. The molecule has 3 rings (SSSR count). The number of nitrogens with one attached hydrogen (secondary N) is 1. The number of hydrogen-bond donors (Lipinski definition) is 2. The van der Waals surface area contributed by atoms with Gasteiger partial charge >= 0.3 is 5.97 Å². The van der Waals surface area contributed by atoms with Gasteiger partial charge in [-0.3, -0.25) is 0 Å². The molecule has 0 bridgehead atoms. The number of fused-ring (bicyclic) bond motifs is 2. The molecule has 0 radical (unpaired) electrons. The summed E-state index contributed by atoms with van der Waals surface area (Å²) in [5.74, 6) is -0.838. The number of aromatic carboxylic acids is 1. The molecule has 3 nitrogen and oxygen atoms in total. The Bertz CT molecular complexity index is 421. The molecular weight excluding hydrogens is 178 g/mol. The monoisotopic (exact) mass is 189 g/mol. The van der Waals surface area contributed by atoms with Crippen LogP contribution in [0, 0.1) is 0 Å². The van der Waals surface area contributed by atoms with Gasteiger partial charge in [0.15, 0.2) is 0 Å². The Kier molecular flexibility index (Phi) is 1.29. The highest BCUT2D eigenvalue weighted by atomic mass is 16.4. The van der Waals surface area contributed by atoms with E-state index >= 15 is 0 Å². The van der Waals surface area contributed by atoms with E-state index in [9.17, 15) is 4.79 Å². The molecule has 1 heterocycles. The molecule has 1 saturated carbocycles. The van der Waals surface area contributed by atoms with Crippen LogP contribution in [-0.4, -0.2) is 17.6 Å². The third kappa shape index (κ3) is 0.895. The summed E-state index contributed by atoms with van der Waals surface area (Å²) in [5, 5.41) is 12.2. The molecule has 72 valence electrons. The van der Waals surface area contributed by atoms with Gasteiger partial charge in [-0.2, -0.15) is 0 Å². The Balaban J connectivity index is 2.13. The van der Waals surface area contributed by atoms with Gasteiger partial charge in [0.05, 0.1) is 5.56 Å². The molecule has 14 heavy (non-hydrogen) atoms. The Labute approximate surface area is 81.8 Å². The highest BCUT2D eigenvalue weighted by molar-refractivity contribution is 5.89. The molecule has 0 unspecified atom stereocenters. The van der Waals surface area contributed by atoms with Crippen LogP contribution in [0.3, 0.4) is 0 Å². The summed E-state index contributed by atoms with van der Waals surface area (Å²) in [6.07, 6.45) is 2.38. The number of carbonyl (C=O) groups is 1. The predicted molar refractivity (Wildman–Crippen MR) is 52.8 cm³/mol. The lowest BCUT2D eigenvalue weighted by molar-refractivity contribution is 0.0697.